The summed E-state index contributed by atoms with van der Waals surface area (Å²) >= 11 is 11.3. The third-order valence-electron chi connectivity index (χ3n) is 3.13. The zero-order valence-electron chi connectivity index (χ0n) is 9.80. The van der Waals surface area contributed by atoms with E-state index in [0.717, 1.165) is 9.35 Å². The molecule has 1 aromatic carbocycles. The van der Waals surface area contributed by atoms with Crippen molar-refractivity contribution >= 4 is 54.6 Å². The van der Waals surface area contributed by atoms with E-state index in [-0.39, 0.29) is 4.90 Å². The molecule has 7 heteroatoms. The molecule has 0 bridgehead atoms. The zero-order valence-corrected chi connectivity index (χ0v) is 13.8. The molecule has 0 N–H and O–H groups in total. The van der Waals surface area contributed by atoms with E-state index >= 15 is 0 Å². The third kappa shape index (κ3) is 1.93. The van der Waals surface area contributed by atoms with Crippen LogP contribution in [0.3, 0.4) is 0 Å². The Morgan fingerprint density at radius 3 is 2.84 bits per heavy atom. The second-order valence-electron chi connectivity index (χ2n) is 4.19. The van der Waals surface area contributed by atoms with Crippen LogP contribution < -0.4 is 4.31 Å². The molecule has 0 saturated heterocycles. The van der Waals surface area contributed by atoms with E-state index in [1.807, 2.05) is 11.4 Å². The minimum Gasteiger partial charge on any atom is -0.268 e. The van der Waals surface area contributed by atoms with E-state index in [4.69, 9.17) is 11.6 Å². The van der Waals surface area contributed by atoms with Gasteiger partial charge >= 0.3 is 0 Å². The molecule has 3 nitrogen and oxygen atoms in total. The summed E-state index contributed by atoms with van der Waals surface area (Å²) in [7, 11) is -2.01. The monoisotopic (exact) mass is 377 g/mol. The lowest BCUT2D eigenvalue weighted by atomic mass is 10.1. The smallest absolute Gasteiger partial charge is 0.264 e. The molecule has 0 saturated carbocycles. The SMILES string of the molecule is CN1c2ccsc2C(Cl)c2ccc(Br)cc2S1(=O)=O. The topological polar surface area (TPSA) is 37.4 Å². The quantitative estimate of drug-likeness (QED) is 0.650. The molecule has 1 aliphatic heterocycles. The summed E-state index contributed by atoms with van der Waals surface area (Å²) < 4.78 is 27.3. The molecule has 1 atom stereocenters. The summed E-state index contributed by atoms with van der Waals surface area (Å²) in [6.45, 7) is 0. The molecule has 0 amide bonds. The number of hydrogen-bond acceptors (Lipinski definition) is 3. The lowest BCUT2D eigenvalue weighted by Gasteiger charge is -2.17. The Balaban J connectivity index is 2.40. The fourth-order valence-electron chi connectivity index (χ4n) is 2.12. The van der Waals surface area contributed by atoms with Gasteiger partial charge in [-0.1, -0.05) is 22.0 Å². The van der Waals surface area contributed by atoms with Crippen molar-refractivity contribution < 1.29 is 8.42 Å². The fourth-order valence-corrected chi connectivity index (χ4v) is 5.60. The van der Waals surface area contributed by atoms with E-state index in [0.29, 0.717) is 11.3 Å². The molecule has 1 unspecified atom stereocenters. The molecule has 2 heterocycles. The van der Waals surface area contributed by atoms with Gasteiger partial charge in [0.1, 0.15) is 0 Å². The van der Waals surface area contributed by atoms with Gasteiger partial charge in [-0.15, -0.1) is 22.9 Å². The van der Waals surface area contributed by atoms with Gasteiger partial charge in [0, 0.05) is 11.5 Å². The second kappa shape index (κ2) is 4.48. The molecule has 0 fully saturated rings. The number of alkyl halides is 1. The predicted octanol–water partition coefficient (Wildman–Crippen LogP) is 3.98. The van der Waals surface area contributed by atoms with Crippen LogP contribution in [0.25, 0.3) is 0 Å². The van der Waals surface area contributed by atoms with Gasteiger partial charge in [-0.2, -0.15) is 0 Å². The van der Waals surface area contributed by atoms with Gasteiger partial charge in [-0.3, -0.25) is 4.31 Å². The van der Waals surface area contributed by atoms with Crippen LogP contribution >= 0.6 is 38.9 Å². The van der Waals surface area contributed by atoms with Gasteiger partial charge in [-0.25, -0.2) is 8.42 Å². The third-order valence-corrected chi connectivity index (χ3v) is 7.00. The summed E-state index contributed by atoms with van der Waals surface area (Å²) in [4.78, 5) is 1.11. The van der Waals surface area contributed by atoms with E-state index < -0.39 is 15.4 Å². The first kappa shape index (κ1) is 13.4. The number of fused-ring (bicyclic) bond motifs is 2. The van der Waals surface area contributed by atoms with Gasteiger partial charge in [-0.05, 0) is 29.1 Å². The fraction of sp³-hybridized carbons (Fsp3) is 0.167. The van der Waals surface area contributed by atoms with Gasteiger partial charge in [0.25, 0.3) is 10.0 Å². The molecule has 0 spiro atoms. The number of thiophene rings is 1. The largest absolute Gasteiger partial charge is 0.268 e. The Morgan fingerprint density at radius 2 is 2.11 bits per heavy atom. The summed E-state index contributed by atoms with van der Waals surface area (Å²) in [6, 6.07) is 6.96. The molecule has 0 aliphatic carbocycles. The molecule has 1 aliphatic rings. The highest BCUT2D eigenvalue weighted by Crippen LogP contribution is 2.46. The number of halogens is 2. The summed E-state index contributed by atoms with van der Waals surface area (Å²) in [5.41, 5.74) is 1.27. The van der Waals surface area contributed by atoms with Crippen LogP contribution in [0.4, 0.5) is 5.69 Å². The number of anilines is 1. The first-order valence-electron chi connectivity index (χ1n) is 5.43. The van der Waals surface area contributed by atoms with Crippen molar-refractivity contribution in [3.63, 3.8) is 0 Å². The van der Waals surface area contributed by atoms with Crippen LogP contribution in [0, 0.1) is 0 Å². The van der Waals surface area contributed by atoms with Crippen molar-refractivity contribution in [3.8, 4) is 0 Å². The van der Waals surface area contributed by atoms with Crippen molar-refractivity contribution in [1.29, 1.82) is 0 Å². The lowest BCUT2D eigenvalue weighted by molar-refractivity contribution is 0.594. The van der Waals surface area contributed by atoms with Crippen molar-refractivity contribution in [2.45, 2.75) is 10.3 Å². The van der Waals surface area contributed by atoms with Crippen LogP contribution in [0.2, 0.25) is 0 Å². The Kier molecular flexibility index (Phi) is 3.16. The summed E-state index contributed by atoms with van der Waals surface area (Å²) in [5, 5.41) is 1.41. The van der Waals surface area contributed by atoms with E-state index in [1.54, 1.807) is 25.2 Å². The molecular formula is C12H9BrClNO2S2. The maximum Gasteiger partial charge on any atom is 0.264 e. The molecule has 100 valence electrons. The molecule has 2 aromatic rings. The molecule has 1 aromatic heterocycles. The first-order chi connectivity index (χ1) is 8.93. The van der Waals surface area contributed by atoms with Crippen LogP contribution in [0.5, 0.6) is 0 Å². The lowest BCUT2D eigenvalue weighted by Crippen LogP contribution is -2.26. The van der Waals surface area contributed by atoms with E-state index in [1.165, 1.54) is 15.6 Å². The second-order valence-corrected chi connectivity index (χ2v) is 8.42. The highest BCUT2D eigenvalue weighted by molar-refractivity contribution is 9.10. The van der Waals surface area contributed by atoms with Gasteiger partial charge in [0.05, 0.1) is 20.8 Å². The molecule has 19 heavy (non-hydrogen) atoms. The van der Waals surface area contributed by atoms with Gasteiger partial charge < -0.3 is 0 Å². The standard InChI is InChI=1S/C12H9BrClNO2S2/c1-15-9-4-5-18-12(9)11(14)8-3-2-7(13)6-10(8)19(15,16)17/h2-6,11H,1H3. The number of rotatable bonds is 0. The number of benzene rings is 1. The van der Waals surface area contributed by atoms with E-state index in [2.05, 4.69) is 15.9 Å². The molecule has 3 rings (SSSR count). The van der Waals surface area contributed by atoms with Gasteiger partial charge in [0.15, 0.2) is 0 Å². The maximum absolute atomic E-state index is 12.6. The summed E-state index contributed by atoms with van der Waals surface area (Å²) in [6.07, 6.45) is 0. The Hall–Kier alpha value is -0.560. The normalized spacial score (nSPS) is 20.6. The Morgan fingerprint density at radius 1 is 1.37 bits per heavy atom. The van der Waals surface area contributed by atoms with Crippen molar-refractivity contribution in [2.24, 2.45) is 0 Å². The predicted molar refractivity (Wildman–Crippen MR) is 81.7 cm³/mol. The molecular weight excluding hydrogens is 370 g/mol. The van der Waals surface area contributed by atoms with Crippen molar-refractivity contribution in [3.05, 3.63) is 44.6 Å². The maximum atomic E-state index is 12.6. The average Bonchev–Trinajstić information content (AvgIpc) is 2.83. The number of nitrogens with zero attached hydrogens (tertiary/aromatic N) is 1. The Labute approximate surface area is 129 Å². The van der Waals surface area contributed by atoms with Crippen LogP contribution in [0.1, 0.15) is 15.8 Å². The van der Waals surface area contributed by atoms with Gasteiger partial charge in [0.2, 0.25) is 0 Å². The minimum atomic E-state index is -3.57. The first-order valence-corrected chi connectivity index (χ1v) is 8.97. The van der Waals surface area contributed by atoms with Crippen molar-refractivity contribution in [2.75, 3.05) is 11.4 Å². The van der Waals surface area contributed by atoms with Crippen LogP contribution in [-0.4, -0.2) is 15.5 Å². The minimum absolute atomic E-state index is 0.257. The van der Waals surface area contributed by atoms with E-state index in [9.17, 15) is 8.42 Å². The molecule has 0 radical (unpaired) electrons. The highest BCUT2D eigenvalue weighted by Gasteiger charge is 2.35. The average molecular weight is 379 g/mol. The Bertz CT molecular complexity index is 757. The zero-order chi connectivity index (χ0) is 13.8. The van der Waals surface area contributed by atoms with Crippen molar-refractivity contribution in [1.82, 2.24) is 0 Å². The number of sulfonamides is 1. The van der Waals surface area contributed by atoms with Crippen LogP contribution in [0.15, 0.2) is 39.0 Å². The highest BCUT2D eigenvalue weighted by atomic mass is 79.9. The van der Waals surface area contributed by atoms with Crippen LogP contribution in [-0.2, 0) is 10.0 Å². The number of hydrogen-bond donors (Lipinski definition) is 0. The summed E-state index contributed by atoms with van der Waals surface area (Å²) in [5.74, 6) is 0.